The van der Waals surface area contributed by atoms with Crippen molar-refractivity contribution in [2.24, 2.45) is 0 Å². The van der Waals surface area contributed by atoms with Crippen LogP contribution < -0.4 is 0 Å². The van der Waals surface area contributed by atoms with E-state index < -0.39 is 5.60 Å². The van der Waals surface area contributed by atoms with Crippen LogP contribution in [0.2, 0.25) is 0 Å². The number of aliphatic hydroxyl groups is 1. The van der Waals surface area contributed by atoms with Gasteiger partial charge in [-0.3, -0.25) is 0 Å². The van der Waals surface area contributed by atoms with Gasteiger partial charge in [0.15, 0.2) is 5.60 Å². The highest BCUT2D eigenvalue weighted by Gasteiger charge is 2.30. The quantitative estimate of drug-likeness (QED) is 0.700. The van der Waals surface area contributed by atoms with E-state index in [0.717, 1.165) is 12.8 Å². The molecule has 3 nitrogen and oxygen atoms in total. The molecule has 0 aromatic heterocycles. The van der Waals surface area contributed by atoms with E-state index in [1.807, 2.05) is 18.2 Å². The van der Waals surface area contributed by atoms with E-state index in [-0.39, 0.29) is 6.10 Å². The van der Waals surface area contributed by atoms with Crippen molar-refractivity contribution < 1.29 is 14.6 Å². The minimum Gasteiger partial charge on any atom is -0.494 e. The fourth-order valence-electron chi connectivity index (χ4n) is 1.76. The SMILES string of the molecule is COC1C=CC(O)(C2=CCCCO2)C=C1. The molecule has 0 saturated heterocycles. The summed E-state index contributed by atoms with van der Waals surface area (Å²) in [7, 11) is 1.64. The van der Waals surface area contributed by atoms with Gasteiger partial charge in [-0.1, -0.05) is 12.2 Å². The molecule has 0 radical (unpaired) electrons. The third kappa shape index (κ3) is 2.13. The molecule has 1 aliphatic carbocycles. The molecule has 3 heteroatoms. The fraction of sp³-hybridized carbons (Fsp3) is 0.500. The Morgan fingerprint density at radius 3 is 2.73 bits per heavy atom. The molecule has 15 heavy (non-hydrogen) atoms. The first-order chi connectivity index (χ1) is 7.24. The Bertz CT molecular complexity index is 301. The minimum absolute atomic E-state index is 0.0468. The monoisotopic (exact) mass is 208 g/mol. The van der Waals surface area contributed by atoms with Crippen LogP contribution in [-0.2, 0) is 9.47 Å². The number of hydrogen-bond donors (Lipinski definition) is 1. The van der Waals surface area contributed by atoms with E-state index in [1.54, 1.807) is 19.3 Å². The van der Waals surface area contributed by atoms with Gasteiger partial charge in [0, 0.05) is 7.11 Å². The lowest BCUT2D eigenvalue weighted by Crippen LogP contribution is -2.32. The summed E-state index contributed by atoms with van der Waals surface area (Å²) in [5.74, 6) is 0.635. The van der Waals surface area contributed by atoms with Crippen molar-refractivity contribution in [2.75, 3.05) is 13.7 Å². The Kier molecular flexibility index (Phi) is 2.93. The van der Waals surface area contributed by atoms with Gasteiger partial charge in [-0.05, 0) is 31.1 Å². The Morgan fingerprint density at radius 2 is 2.20 bits per heavy atom. The van der Waals surface area contributed by atoms with Gasteiger partial charge < -0.3 is 14.6 Å². The van der Waals surface area contributed by atoms with Crippen LogP contribution >= 0.6 is 0 Å². The molecule has 0 atom stereocenters. The third-order valence-corrected chi connectivity index (χ3v) is 2.68. The molecular formula is C12H16O3. The van der Waals surface area contributed by atoms with Gasteiger partial charge >= 0.3 is 0 Å². The van der Waals surface area contributed by atoms with Gasteiger partial charge in [0.1, 0.15) is 5.76 Å². The van der Waals surface area contributed by atoms with Crippen LogP contribution in [0, 0.1) is 0 Å². The van der Waals surface area contributed by atoms with Gasteiger partial charge in [-0.15, -0.1) is 0 Å². The minimum atomic E-state index is -1.07. The van der Waals surface area contributed by atoms with Gasteiger partial charge in [-0.2, -0.15) is 0 Å². The maximum Gasteiger partial charge on any atom is 0.158 e. The highest BCUT2D eigenvalue weighted by Crippen LogP contribution is 2.28. The van der Waals surface area contributed by atoms with E-state index in [9.17, 15) is 5.11 Å². The Balaban J connectivity index is 2.15. The van der Waals surface area contributed by atoms with Crippen molar-refractivity contribution in [3.05, 3.63) is 36.1 Å². The van der Waals surface area contributed by atoms with Crippen molar-refractivity contribution >= 4 is 0 Å². The summed E-state index contributed by atoms with van der Waals surface area (Å²) >= 11 is 0. The molecule has 0 saturated carbocycles. The molecule has 0 aromatic carbocycles. The molecule has 2 rings (SSSR count). The molecule has 0 bridgehead atoms. The van der Waals surface area contributed by atoms with Crippen molar-refractivity contribution in [2.45, 2.75) is 24.5 Å². The highest BCUT2D eigenvalue weighted by atomic mass is 16.5. The summed E-state index contributed by atoms with van der Waals surface area (Å²) in [6.07, 6.45) is 11.0. The van der Waals surface area contributed by atoms with Crippen molar-refractivity contribution in [3.63, 3.8) is 0 Å². The van der Waals surface area contributed by atoms with Gasteiger partial charge in [0.2, 0.25) is 0 Å². The normalized spacial score (nSPS) is 34.8. The first-order valence-corrected chi connectivity index (χ1v) is 5.22. The van der Waals surface area contributed by atoms with E-state index >= 15 is 0 Å². The van der Waals surface area contributed by atoms with Crippen molar-refractivity contribution in [1.82, 2.24) is 0 Å². The molecule has 0 unspecified atom stereocenters. The summed E-state index contributed by atoms with van der Waals surface area (Å²) in [5, 5.41) is 10.3. The lowest BCUT2D eigenvalue weighted by molar-refractivity contribution is 0.0669. The van der Waals surface area contributed by atoms with Crippen LogP contribution in [0.4, 0.5) is 0 Å². The standard InChI is InChI=1S/C12H16O3/c1-14-10-5-7-12(13,8-6-10)11-4-2-3-9-15-11/h4-8,10,13H,2-3,9H2,1H3. The predicted molar refractivity (Wildman–Crippen MR) is 57.3 cm³/mol. The zero-order valence-electron chi connectivity index (χ0n) is 8.85. The van der Waals surface area contributed by atoms with Crippen molar-refractivity contribution in [1.29, 1.82) is 0 Å². The molecule has 0 fully saturated rings. The van der Waals surface area contributed by atoms with Crippen molar-refractivity contribution in [3.8, 4) is 0 Å². The first-order valence-electron chi connectivity index (χ1n) is 5.22. The summed E-state index contributed by atoms with van der Waals surface area (Å²) in [5.41, 5.74) is -1.07. The highest BCUT2D eigenvalue weighted by molar-refractivity contribution is 5.34. The van der Waals surface area contributed by atoms with E-state index in [4.69, 9.17) is 9.47 Å². The smallest absolute Gasteiger partial charge is 0.158 e. The second-order valence-electron chi connectivity index (χ2n) is 3.80. The molecule has 0 spiro atoms. The van der Waals surface area contributed by atoms with E-state index in [1.165, 1.54) is 0 Å². The molecular weight excluding hydrogens is 192 g/mol. The number of hydrogen-bond acceptors (Lipinski definition) is 3. The second-order valence-corrected chi connectivity index (χ2v) is 3.80. The van der Waals surface area contributed by atoms with Crippen LogP contribution in [0.15, 0.2) is 36.1 Å². The largest absolute Gasteiger partial charge is 0.494 e. The number of allylic oxidation sites excluding steroid dienone is 1. The van der Waals surface area contributed by atoms with Crippen LogP contribution in [0.5, 0.6) is 0 Å². The molecule has 0 amide bonds. The topological polar surface area (TPSA) is 38.7 Å². The van der Waals surface area contributed by atoms with Gasteiger partial charge in [0.05, 0.1) is 12.7 Å². The van der Waals surface area contributed by atoms with Gasteiger partial charge in [0.25, 0.3) is 0 Å². The average Bonchev–Trinajstić information content (AvgIpc) is 2.31. The maximum absolute atomic E-state index is 10.3. The number of methoxy groups -OCH3 is 1. The van der Waals surface area contributed by atoms with Gasteiger partial charge in [-0.25, -0.2) is 0 Å². The predicted octanol–water partition coefficient (Wildman–Crippen LogP) is 1.55. The van der Waals surface area contributed by atoms with E-state index in [2.05, 4.69) is 0 Å². The van der Waals surface area contributed by atoms with E-state index in [0.29, 0.717) is 12.4 Å². The molecule has 1 N–H and O–H groups in total. The Hall–Kier alpha value is -1.06. The number of rotatable bonds is 2. The van der Waals surface area contributed by atoms with Crippen LogP contribution in [0.25, 0.3) is 0 Å². The lowest BCUT2D eigenvalue weighted by Gasteiger charge is -2.29. The zero-order valence-corrected chi connectivity index (χ0v) is 8.85. The Morgan fingerprint density at radius 1 is 1.47 bits per heavy atom. The summed E-state index contributed by atoms with van der Waals surface area (Å²) in [6, 6.07) is 0. The average molecular weight is 208 g/mol. The molecule has 0 aromatic rings. The van der Waals surface area contributed by atoms with Crippen LogP contribution in [-0.4, -0.2) is 30.5 Å². The fourth-order valence-corrected chi connectivity index (χ4v) is 1.76. The maximum atomic E-state index is 10.3. The Labute approximate surface area is 89.7 Å². The van der Waals surface area contributed by atoms with Crippen LogP contribution in [0.3, 0.4) is 0 Å². The summed E-state index contributed by atoms with van der Waals surface area (Å²) in [6.45, 7) is 0.684. The van der Waals surface area contributed by atoms with Crippen LogP contribution in [0.1, 0.15) is 12.8 Å². The summed E-state index contributed by atoms with van der Waals surface area (Å²) in [4.78, 5) is 0. The molecule has 1 aliphatic heterocycles. The first kappa shape index (κ1) is 10.5. The summed E-state index contributed by atoms with van der Waals surface area (Å²) < 4.78 is 10.6. The third-order valence-electron chi connectivity index (χ3n) is 2.68. The molecule has 2 aliphatic rings. The molecule has 82 valence electrons. The molecule has 1 heterocycles. The number of ether oxygens (including phenoxy) is 2. The zero-order chi connectivity index (χ0) is 10.7. The second kappa shape index (κ2) is 4.21. The lowest BCUT2D eigenvalue weighted by atomic mass is 9.93.